The topological polar surface area (TPSA) is 92.1 Å². The molecule has 2 fully saturated rings. The van der Waals surface area contributed by atoms with Gasteiger partial charge in [0.05, 0.1) is 26.4 Å². The van der Waals surface area contributed by atoms with Crippen LogP contribution in [0.1, 0.15) is 12.8 Å². The predicted molar refractivity (Wildman–Crippen MR) is 54.3 cm³/mol. The highest BCUT2D eigenvalue weighted by Crippen LogP contribution is 2.33. The highest BCUT2D eigenvalue weighted by molar-refractivity contribution is 5.75. The van der Waals surface area contributed by atoms with E-state index in [0.717, 1.165) is 12.8 Å². The molecule has 0 amide bonds. The first kappa shape index (κ1) is 10.7. The summed E-state index contributed by atoms with van der Waals surface area (Å²) in [4.78, 5) is 3.92. The maximum absolute atomic E-state index is 5.82. The van der Waals surface area contributed by atoms with E-state index in [2.05, 4.69) is 4.99 Å². The summed E-state index contributed by atoms with van der Waals surface area (Å²) in [5.41, 5.74) is 10.5. The summed E-state index contributed by atoms with van der Waals surface area (Å²) in [6.45, 7) is 2.39. The molecule has 2 rings (SSSR count). The Morgan fingerprint density at radius 2 is 2.07 bits per heavy atom. The number of aliphatic imine (C=N–C) groups is 1. The molecule has 86 valence electrons. The molecule has 0 aromatic rings. The number of nitrogens with zero attached hydrogens (tertiary/aromatic N) is 1. The first-order valence-electron chi connectivity index (χ1n) is 5.15. The standard InChI is InChI=1S/C9H17N3O3/c10-8(11)12-5-7-6-14-9(15-7)1-3-13-4-2-9/h7H,1-6H2,(H4,10,11,12)/t7-/m0/s1. The third-order valence-electron chi connectivity index (χ3n) is 2.65. The summed E-state index contributed by atoms with van der Waals surface area (Å²) in [6, 6.07) is 0. The smallest absolute Gasteiger partial charge is 0.186 e. The molecule has 1 atom stereocenters. The van der Waals surface area contributed by atoms with Crippen LogP contribution in [0.25, 0.3) is 0 Å². The van der Waals surface area contributed by atoms with Crippen molar-refractivity contribution in [2.24, 2.45) is 16.5 Å². The summed E-state index contributed by atoms with van der Waals surface area (Å²) in [7, 11) is 0. The van der Waals surface area contributed by atoms with Crippen LogP contribution in [-0.2, 0) is 14.2 Å². The Balaban J connectivity index is 1.85. The van der Waals surface area contributed by atoms with E-state index in [9.17, 15) is 0 Å². The number of nitrogens with two attached hydrogens (primary N) is 2. The normalized spacial score (nSPS) is 29.2. The molecule has 0 aromatic heterocycles. The van der Waals surface area contributed by atoms with Crippen LogP contribution in [0.4, 0.5) is 0 Å². The molecule has 0 aromatic carbocycles. The lowest BCUT2D eigenvalue weighted by atomic mass is 10.1. The van der Waals surface area contributed by atoms with Crippen molar-refractivity contribution >= 4 is 5.96 Å². The summed E-state index contributed by atoms with van der Waals surface area (Å²) < 4.78 is 16.8. The Morgan fingerprint density at radius 3 is 2.73 bits per heavy atom. The molecule has 2 aliphatic rings. The molecule has 2 heterocycles. The van der Waals surface area contributed by atoms with Crippen LogP contribution >= 0.6 is 0 Å². The molecule has 6 nitrogen and oxygen atoms in total. The van der Waals surface area contributed by atoms with Crippen LogP contribution in [0.3, 0.4) is 0 Å². The van der Waals surface area contributed by atoms with E-state index in [1.54, 1.807) is 0 Å². The summed E-state index contributed by atoms with van der Waals surface area (Å²) in [5.74, 6) is -0.353. The third-order valence-corrected chi connectivity index (χ3v) is 2.65. The zero-order chi connectivity index (χ0) is 10.7. The molecule has 15 heavy (non-hydrogen) atoms. The fraction of sp³-hybridized carbons (Fsp3) is 0.889. The van der Waals surface area contributed by atoms with Gasteiger partial charge in [-0.2, -0.15) is 0 Å². The van der Waals surface area contributed by atoms with Crippen molar-refractivity contribution in [3.63, 3.8) is 0 Å². The lowest BCUT2D eigenvalue weighted by Crippen LogP contribution is -2.38. The molecule has 2 saturated heterocycles. The minimum absolute atomic E-state index is 0.0369. The van der Waals surface area contributed by atoms with E-state index in [0.29, 0.717) is 26.4 Å². The Morgan fingerprint density at radius 1 is 1.33 bits per heavy atom. The fourth-order valence-electron chi connectivity index (χ4n) is 1.86. The second kappa shape index (κ2) is 4.34. The SMILES string of the molecule is NC(N)=NC[C@H]1COC2(CCOCC2)O1. The molecule has 0 bridgehead atoms. The van der Waals surface area contributed by atoms with E-state index < -0.39 is 5.79 Å². The number of hydrogen-bond donors (Lipinski definition) is 2. The van der Waals surface area contributed by atoms with Crippen molar-refractivity contribution in [3.8, 4) is 0 Å². The molecule has 0 unspecified atom stereocenters. The van der Waals surface area contributed by atoms with Crippen LogP contribution < -0.4 is 11.5 Å². The van der Waals surface area contributed by atoms with E-state index >= 15 is 0 Å². The monoisotopic (exact) mass is 215 g/mol. The average molecular weight is 215 g/mol. The number of guanidine groups is 1. The van der Waals surface area contributed by atoms with Gasteiger partial charge in [0.1, 0.15) is 6.10 Å². The molecule has 2 aliphatic heterocycles. The maximum atomic E-state index is 5.82. The average Bonchev–Trinajstić information content (AvgIpc) is 2.60. The lowest BCUT2D eigenvalue weighted by molar-refractivity contribution is -0.210. The van der Waals surface area contributed by atoms with E-state index in [4.69, 9.17) is 25.7 Å². The number of hydrogen-bond acceptors (Lipinski definition) is 4. The van der Waals surface area contributed by atoms with E-state index in [1.807, 2.05) is 0 Å². The zero-order valence-electron chi connectivity index (χ0n) is 8.65. The van der Waals surface area contributed by atoms with Crippen molar-refractivity contribution < 1.29 is 14.2 Å². The molecular formula is C9H17N3O3. The predicted octanol–water partition coefficient (Wildman–Crippen LogP) is -0.818. The quantitative estimate of drug-likeness (QED) is 0.464. The number of ether oxygens (including phenoxy) is 3. The van der Waals surface area contributed by atoms with Crippen molar-refractivity contribution in [2.45, 2.75) is 24.7 Å². The first-order chi connectivity index (χ1) is 7.20. The van der Waals surface area contributed by atoms with E-state index in [1.165, 1.54) is 0 Å². The van der Waals surface area contributed by atoms with Gasteiger partial charge >= 0.3 is 0 Å². The van der Waals surface area contributed by atoms with Gasteiger partial charge in [-0.15, -0.1) is 0 Å². The molecule has 0 radical (unpaired) electrons. The van der Waals surface area contributed by atoms with Gasteiger partial charge in [0.25, 0.3) is 0 Å². The van der Waals surface area contributed by atoms with Crippen LogP contribution in [0.2, 0.25) is 0 Å². The van der Waals surface area contributed by atoms with Crippen LogP contribution in [0, 0.1) is 0 Å². The highest BCUT2D eigenvalue weighted by Gasteiger charge is 2.42. The van der Waals surface area contributed by atoms with Crippen molar-refractivity contribution in [3.05, 3.63) is 0 Å². The summed E-state index contributed by atoms with van der Waals surface area (Å²) in [6.07, 6.45) is 1.53. The Hall–Kier alpha value is -0.850. The van der Waals surface area contributed by atoms with Gasteiger partial charge in [0.2, 0.25) is 0 Å². The lowest BCUT2D eigenvalue weighted by Gasteiger charge is -2.31. The minimum Gasteiger partial charge on any atom is -0.381 e. The second-order valence-electron chi connectivity index (χ2n) is 3.84. The molecule has 4 N–H and O–H groups in total. The Bertz CT molecular complexity index is 247. The third kappa shape index (κ3) is 2.58. The second-order valence-corrected chi connectivity index (χ2v) is 3.84. The molecule has 1 spiro atoms. The van der Waals surface area contributed by atoms with E-state index in [-0.39, 0.29) is 12.1 Å². The van der Waals surface area contributed by atoms with Gasteiger partial charge in [-0.05, 0) is 0 Å². The summed E-state index contributed by atoms with van der Waals surface area (Å²) >= 11 is 0. The van der Waals surface area contributed by atoms with Crippen molar-refractivity contribution in [2.75, 3.05) is 26.4 Å². The van der Waals surface area contributed by atoms with Gasteiger partial charge < -0.3 is 25.7 Å². The van der Waals surface area contributed by atoms with Crippen LogP contribution in [0.15, 0.2) is 4.99 Å². The summed E-state index contributed by atoms with van der Waals surface area (Å²) in [5, 5.41) is 0. The first-order valence-corrected chi connectivity index (χ1v) is 5.15. The minimum atomic E-state index is -0.443. The van der Waals surface area contributed by atoms with Crippen molar-refractivity contribution in [1.29, 1.82) is 0 Å². The van der Waals surface area contributed by atoms with Crippen LogP contribution in [0.5, 0.6) is 0 Å². The zero-order valence-corrected chi connectivity index (χ0v) is 8.65. The van der Waals surface area contributed by atoms with Crippen LogP contribution in [-0.4, -0.2) is 44.2 Å². The largest absolute Gasteiger partial charge is 0.381 e. The molecular weight excluding hydrogens is 198 g/mol. The molecule has 0 saturated carbocycles. The fourth-order valence-corrected chi connectivity index (χ4v) is 1.86. The molecule has 0 aliphatic carbocycles. The van der Waals surface area contributed by atoms with Gasteiger partial charge in [0.15, 0.2) is 11.7 Å². The highest BCUT2D eigenvalue weighted by atomic mass is 16.7. The van der Waals surface area contributed by atoms with Crippen molar-refractivity contribution in [1.82, 2.24) is 0 Å². The number of rotatable bonds is 2. The Labute approximate surface area is 88.6 Å². The van der Waals surface area contributed by atoms with Gasteiger partial charge in [-0.3, -0.25) is 4.99 Å². The Kier molecular flexibility index (Phi) is 3.08. The van der Waals surface area contributed by atoms with Gasteiger partial charge in [-0.1, -0.05) is 0 Å². The molecule has 6 heteroatoms. The van der Waals surface area contributed by atoms with Gasteiger partial charge in [-0.25, -0.2) is 0 Å². The van der Waals surface area contributed by atoms with Gasteiger partial charge in [0, 0.05) is 12.8 Å². The maximum Gasteiger partial charge on any atom is 0.186 e.